The van der Waals surface area contributed by atoms with Crippen molar-refractivity contribution in [2.24, 2.45) is 5.92 Å². The molecule has 1 saturated heterocycles. The Morgan fingerprint density at radius 2 is 2.20 bits per heavy atom. The number of amides is 1. The van der Waals surface area contributed by atoms with Crippen molar-refractivity contribution in [2.45, 2.75) is 46.1 Å². The van der Waals surface area contributed by atoms with Gasteiger partial charge in [0, 0.05) is 38.2 Å². The summed E-state index contributed by atoms with van der Waals surface area (Å²) < 4.78 is 5.10. The van der Waals surface area contributed by atoms with Crippen molar-refractivity contribution in [1.82, 2.24) is 20.4 Å². The number of hydrogen-bond donors (Lipinski definition) is 1. The molecule has 0 spiro atoms. The molecular weight excluding hydrogens is 318 g/mol. The topological polar surface area (TPSA) is 84.2 Å². The quantitative estimate of drug-likeness (QED) is 0.898. The molecule has 2 aromatic rings. The largest absolute Gasteiger partial charge is 0.356 e. The molecule has 0 aromatic carbocycles. The van der Waals surface area contributed by atoms with Crippen molar-refractivity contribution in [2.75, 3.05) is 18.0 Å². The van der Waals surface area contributed by atoms with Gasteiger partial charge in [0.25, 0.3) is 0 Å². The lowest BCUT2D eigenvalue weighted by Gasteiger charge is -2.33. The number of nitrogens with zero attached hydrogens (tertiary/aromatic N) is 4. The Hall–Kier alpha value is -2.44. The standard InChI is InChI=1S/C18H25N5O2/c1-4-12(2)20-18(24)14-7-10-23(11-8-14)17-15(6-5-9-19-17)16-21-13(3)25-22-16/h5-6,9,12,14H,4,7-8,10-11H2,1-3H3,(H,20,24). The maximum Gasteiger partial charge on any atom is 0.223 e. The summed E-state index contributed by atoms with van der Waals surface area (Å²) in [5, 5.41) is 7.10. The lowest BCUT2D eigenvalue weighted by atomic mass is 9.95. The minimum atomic E-state index is 0.0739. The van der Waals surface area contributed by atoms with E-state index in [-0.39, 0.29) is 17.9 Å². The fourth-order valence-electron chi connectivity index (χ4n) is 3.05. The molecule has 3 rings (SSSR count). The number of anilines is 1. The minimum absolute atomic E-state index is 0.0739. The Morgan fingerprint density at radius 1 is 1.44 bits per heavy atom. The third kappa shape index (κ3) is 3.97. The molecule has 3 heterocycles. The average Bonchev–Trinajstić information content (AvgIpc) is 3.08. The fraction of sp³-hybridized carbons (Fsp3) is 0.556. The molecule has 1 aliphatic heterocycles. The summed E-state index contributed by atoms with van der Waals surface area (Å²) in [6, 6.07) is 4.06. The zero-order valence-corrected chi connectivity index (χ0v) is 15.0. The van der Waals surface area contributed by atoms with Gasteiger partial charge in [-0.05, 0) is 38.3 Å². The monoisotopic (exact) mass is 343 g/mol. The molecule has 1 fully saturated rings. The van der Waals surface area contributed by atoms with E-state index in [9.17, 15) is 4.79 Å². The average molecular weight is 343 g/mol. The molecule has 1 unspecified atom stereocenters. The van der Waals surface area contributed by atoms with Gasteiger partial charge in [-0.25, -0.2) is 4.98 Å². The Kier molecular flexibility index (Phi) is 5.31. The first-order valence-electron chi connectivity index (χ1n) is 8.89. The van der Waals surface area contributed by atoms with Crippen molar-refractivity contribution >= 4 is 11.7 Å². The third-order valence-electron chi connectivity index (χ3n) is 4.72. The van der Waals surface area contributed by atoms with E-state index in [1.165, 1.54) is 0 Å². The van der Waals surface area contributed by atoms with Gasteiger partial charge >= 0.3 is 0 Å². The predicted octanol–water partition coefficient (Wildman–Crippen LogP) is 2.57. The minimum Gasteiger partial charge on any atom is -0.356 e. The molecule has 0 aliphatic carbocycles. The second kappa shape index (κ2) is 7.63. The van der Waals surface area contributed by atoms with Crippen molar-refractivity contribution in [3.63, 3.8) is 0 Å². The summed E-state index contributed by atoms with van der Waals surface area (Å²) in [5.41, 5.74) is 0.863. The number of hydrogen-bond acceptors (Lipinski definition) is 6. The lowest BCUT2D eigenvalue weighted by Crippen LogP contribution is -2.43. The van der Waals surface area contributed by atoms with Gasteiger partial charge in [0.15, 0.2) is 0 Å². The molecule has 0 saturated carbocycles. The van der Waals surface area contributed by atoms with E-state index in [0.29, 0.717) is 11.7 Å². The highest BCUT2D eigenvalue weighted by molar-refractivity contribution is 5.79. The number of carbonyl (C=O) groups is 1. The SMILES string of the molecule is CCC(C)NC(=O)C1CCN(c2ncccc2-c2noc(C)n2)CC1. The van der Waals surface area contributed by atoms with Gasteiger partial charge in [0.1, 0.15) is 5.82 Å². The van der Waals surface area contributed by atoms with E-state index < -0.39 is 0 Å². The normalized spacial score (nSPS) is 16.7. The van der Waals surface area contributed by atoms with E-state index in [1.54, 1.807) is 13.1 Å². The van der Waals surface area contributed by atoms with E-state index in [2.05, 4.69) is 32.3 Å². The first kappa shape index (κ1) is 17.4. The molecule has 25 heavy (non-hydrogen) atoms. The number of piperidine rings is 1. The molecule has 7 nitrogen and oxygen atoms in total. The first-order chi connectivity index (χ1) is 12.1. The van der Waals surface area contributed by atoms with Gasteiger partial charge in [0.2, 0.25) is 17.6 Å². The van der Waals surface area contributed by atoms with Crippen LogP contribution in [0.1, 0.15) is 39.0 Å². The molecule has 0 radical (unpaired) electrons. The fourth-order valence-corrected chi connectivity index (χ4v) is 3.05. The van der Waals surface area contributed by atoms with Crippen LogP contribution in [-0.4, -0.2) is 40.2 Å². The maximum atomic E-state index is 12.3. The van der Waals surface area contributed by atoms with Gasteiger partial charge in [-0.2, -0.15) is 4.98 Å². The van der Waals surface area contributed by atoms with E-state index >= 15 is 0 Å². The molecule has 7 heteroatoms. The van der Waals surface area contributed by atoms with Crippen molar-refractivity contribution in [3.05, 3.63) is 24.2 Å². The number of nitrogens with one attached hydrogen (secondary N) is 1. The van der Waals surface area contributed by atoms with Crippen LogP contribution < -0.4 is 10.2 Å². The first-order valence-corrected chi connectivity index (χ1v) is 8.89. The van der Waals surface area contributed by atoms with Crippen molar-refractivity contribution in [3.8, 4) is 11.4 Å². The van der Waals surface area contributed by atoms with Crippen molar-refractivity contribution < 1.29 is 9.32 Å². The Bertz CT molecular complexity index is 722. The summed E-state index contributed by atoms with van der Waals surface area (Å²) in [7, 11) is 0. The van der Waals surface area contributed by atoms with Crippen LogP contribution in [0, 0.1) is 12.8 Å². The van der Waals surface area contributed by atoms with Gasteiger partial charge in [0.05, 0.1) is 5.56 Å². The Balaban J connectivity index is 1.69. The number of pyridine rings is 1. The highest BCUT2D eigenvalue weighted by atomic mass is 16.5. The van der Waals surface area contributed by atoms with Crippen LogP contribution in [0.3, 0.4) is 0 Å². The van der Waals surface area contributed by atoms with Crippen LogP contribution in [0.25, 0.3) is 11.4 Å². The van der Waals surface area contributed by atoms with Crippen LogP contribution in [0.15, 0.2) is 22.9 Å². The van der Waals surface area contributed by atoms with Crippen LogP contribution in [0.5, 0.6) is 0 Å². The molecule has 1 amide bonds. The summed E-state index contributed by atoms with van der Waals surface area (Å²) in [6.07, 6.45) is 4.37. The van der Waals surface area contributed by atoms with Crippen LogP contribution >= 0.6 is 0 Å². The highest BCUT2D eigenvalue weighted by Gasteiger charge is 2.27. The number of rotatable bonds is 5. The second-order valence-electron chi connectivity index (χ2n) is 6.59. The third-order valence-corrected chi connectivity index (χ3v) is 4.72. The van der Waals surface area contributed by atoms with E-state index in [4.69, 9.17) is 4.52 Å². The van der Waals surface area contributed by atoms with Gasteiger partial charge in [-0.1, -0.05) is 12.1 Å². The number of aryl methyl sites for hydroxylation is 1. The molecule has 1 atom stereocenters. The Labute approximate surface area is 147 Å². The molecule has 1 aliphatic rings. The number of aromatic nitrogens is 3. The van der Waals surface area contributed by atoms with E-state index in [0.717, 1.165) is 43.7 Å². The van der Waals surface area contributed by atoms with Crippen molar-refractivity contribution in [1.29, 1.82) is 0 Å². The zero-order valence-electron chi connectivity index (χ0n) is 15.0. The van der Waals surface area contributed by atoms with Crippen LogP contribution in [-0.2, 0) is 4.79 Å². The zero-order chi connectivity index (χ0) is 17.8. The highest BCUT2D eigenvalue weighted by Crippen LogP contribution is 2.30. The molecular formula is C18H25N5O2. The summed E-state index contributed by atoms with van der Waals surface area (Å²) in [5.74, 6) is 2.18. The van der Waals surface area contributed by atoms with Gasteiger partial charge in [-0.3, -0.25) is 4.79 Å². The summed E-state index contributed by atoms with van der Waals surface area (Å²) in [4.78, 5) is 23.4. The molecule has 0 bridgehead atoms. The summed E-state index contributed by atoms with van der Waals surface area (Å²) in [6.45, 7) is 7.47. The maximum absolute atomic E-state index is 12.3. The Morgan fingerprint density at radius 3 is 2.84 bits per heavy atom. The summed E-state index contributed by atoms with van der Waals surface area (Å²) >= 11 is 0. The van der Waals surface area contributed by atoms with Gasteiger partial charge in [-0.15, -0.1) is 0 Å². The number of carbonyl (C=O) groups excluding carboxylic acids is 1. The smallest absolute Gasteiger partial charge is 0.223 e. The van der Waals surface area contributed by atoms with Crippen LogP contribution in [0.4, 0.5) is 5.82 Å². The van der Waals surface area contributed by atoms with E-state index in [1.807, 2.05) is 19.1 Å². The van der Waals surface area contributed by atoms with Crippen LogP contribution in [0.2, 0.25) is 0 Å². The lowest BCUT2D eigenvalue weighted by molar-refractivity contribution is -0.126. The second-order valence-corrected chi connectivity index (χ2v) is 6.59. The van der Waals surface area contributed by atoms with Gasteiger partial charge < -0.3 is 14.7 Å². The molecule has 134 valence electrons. The molecule has 1 N–H and O–H groups in total. The predicted molar refractivity (Wildman–Crippen MR) is 95.1 cm³/mol. The molecule has 2 aromatic heterocycles.